The third-order valence-electron chi connectivity index (χ3n) is 4.36. The molecule has 6 nitrogen and oxygen atoms in total. The SMILES string of the molecule is O=C(CC[C@@H]1NC(=O)c2ccccc2NC1=O)NCCc1ccc(Cl)cc1. The fourth-order valence-electron chi connectivity index (χ4n) is 2.88. The second-order valence-corrected chi connectivity index (χ2v) is 6.76. The van der Waals surface area contributed by atoms with E-state index in [9.17, 15) is 14.4 Å². The molecule has 0 unspecified atom stereocenters. The highest BCUT2D eigenvalue weighted by molar-refractivity contribution is 6.30. The van der Waals surface area contributed by atoms with Crippen LogP contribution >= 0.6 is 11.6 Å². The predicted molar refractivity (Wildman–Crippen MR) is 104 cm³/mol. The van der Waals surface area contributed by atoms with E-state index in [-0.39, 0.29) is 30.6 Å². The van der Waals surface area contributed by atoms with Gasteiger partial charge >= 0.3 is 0 Å². The zero-order chi connectivity index (χ0) is 19.2. The van der Waals surface area contributed by atoms with Gasteiger partial charge in [0.2, 0.25) is 11.8 Å². The molecular formula is C20H20ClN3O3. The number of halogens is 1. The van der Waals surface area contributed by atoms with Gasteiger partial charge in [0, 0.05) is 18.0 Å². The molecule has 2 aromatic carbocycles. The van der Waals surface area contributed by atoms with Crippen LogP contribution in [0.4, 0.5) is 5.69 Å². The van der Waals surface area contributed by atoms with Gasteiger partial charge in [0.25, 0.3) is 5.91 Å². The Morgan fingerprint density at radius 3 is 2.59 bits per heavy atom. The van der Waals surface area contributed by atoms with Gasteiger partial charge in [0.1, 0.15) is 6.04 Å². The number of nitrogens with one attached hydrogen (secondary N) is 3. The maximum Gasteiger partial charge on any atom is 0.254 e. The molecule has 0 aliphatic carbocycles. The third-order valence-corrected chi connectivity index (χ3v) is 4.61. The van der Waals surface area contributed by atoms with Gasteiger partial charge < -0.3 is 16.0 Å². The van der Waals surface area contributed by atoms with E-state index >= 15 is 0 Å². The molecule has 0 bridgehead atoms. The number of carbonyl (C=O) groups excluding carboxylic acids is 3. The van der Waals surface area contributed by atoms with Crippen molar-refractivity contribution in [1.82, 2.24) is 10.6 Å². The van der Waals surface area contributed by atoms with Crippen LogP contribution in [-0.4, -0.2) is 30.3 Å². The Kier molecular flexibility index (Phi) is 6.08. The van der Waals surface area contributed by atoms with Gasteiger partial charge in [0.15, 0.2) is 0 Å². The van der Waals surface area contributed by atoms with Crippen molar-refractivity contribution in [3.8, 4) is 0 Å². The maximum absolute atomic E-state index is 12.3. The Bertz CT molecular complexity index is 852. The van der Waals surface area contributed by atoms with Gasteiger partial charge in [-0.15, -0.1) is 0 Å². The molecule has 0 fully saturated rings. The van der Waals surface area contributed by atoms with Gasteiger partial charge in [-0.3, -0.25) is 14.4 Å². The van der Waals surface area contributed by atoms with Crippen molar-refractivity contribution in [3.63, 3.8) is 0 Å². The summed E-state index contributed by atoms with van der Waals surface area (Å²) in [5, 5.41) is 8.92. The van der Waals surface area contributed by atoms with E-state index in [2.05, 4.69) is 16.0 Å². The van der Waals surface area contributed by atoms with E-state index in [1.165, 1.54) is 0 Å². The van der Waals surface area contributed by atoms with Gasteiger partial charge in [-0.1, -0.05) is 35.9 Å². The summed E-state index contributed by atoms with van der Waals surface area (Å²) >= 11 is 5.84. The minimum Gasteiger partial charge on any atom is -0.356 e. The van der Waals surface area contributed by atoms with E-state index in [1.54, 1.807) is 24.3 Å². The Morgan fingerprint density at radius 1 is 1.07 bits per heavy atom. The molecular weight excluding hydrogens is 366 g/mol. The van der Waals surface area contributed by atoms with E-state index < -0.39 is 6.04 Å². The third kappa shape index (κ3) is 5.08. The van der Waals surface area contributed by atoms with Crippen molar-refractivity contribution >= 4 is 35.0 Å². The molecule has 1 atom stereocenters. The highest BCUT2D eigenvalue weighted by atomic mass is 35.5. The quantitative estimate of drug-likeness (QED) is 0.714. The van der Waals surface area contributed by atoms with Crippen LogP contribution in [0.25, 0.3) is 0 Å². The molecule has 1 aliphatic heterocycles. The number of hydrogen-bond acceptors (Lipinski definition) is 3. The molecule has 0 saturated carbocycles. The summed E-state index contributed by atoms with van der Waals surface area (Å²) in [5.41, 5.74) is 1.98. The van der Waals surface area contributed by atoms with Crippen LogP contribution < -0.4 is 16.0 Å². The van der Waals surface area contributed by atoms with Crippen LogP contribution in [0.3, 0.4) is 0 Å². The summed E-state index contributed by atoms with van der Waals surface area (Å²) in [7, 11) is 0. The topological polar surface area (TPSA) is 87.3 Å². The van der Waals surface area contributed by atoms with Gasteiger partial charge in [0.05, 0.1) is 11.3 Å². The molecule has 3 N–H and O–H groups in total. The molecule has 7 heteroatoms. The van der Waals surface area contributed by atoms with Crippen LogP contribution in [0.2, 0.25) is 5.02 Å². The van der Waals surface area contributed by atoms with E-state index in [0.717, 1.165) is 5.56 Å². The molecule has 3 amide bonds. The Balaban J connectivity index is 1.46. The summed E-state index contributed by atoms with van der Waals surface area (Å²) < 4.78 is 0. The van der Waals surface area contributed by atoms with Crippen molar-refractivity contribution in [2.75, 3.05) is 11.9 Å². The number of anilines is 1. The minimum absolute atomic E-state index is 0.148. The van der Waals surface area contributed by atoms with Crippen molar-refractivity contribution in [1.29, 1.82) is 0 Å². The van der Waals surface area contributed by atoms with Crippen molar-refractivity contribution in [3.05, 3.63) is 64.7 Å². The first-order chi connectivity index (χ1) is 13.0. The fourth-order valence-corrected chi connectivity index (χ4v) is 3.00. The molecule has 1 heterocycles. The van der Waals surface area contributed by atoms with E-state index in [0.29, 0.717) is 29.2 Å². The summed E-state index contributed by atoms with van der Waals surface area (Å²) in [5.74, 6) is -0.799. The fraction of sp³-hybridized carbons (Fsp3) is 0.250. The summed E-state index contributed by atoms with van der Waals surface area (Å²) in [4.78, 5) is 36.6. The number of fused-ring (bicyclic) bond motifs is 1. The zero-order valence-corrected chi connectivity index (χ0v) is 15.4. The van der Waals surface area contributed by atoms with E-state index in [4.69, 9.17) is 11.6 Å². The van der Waals surface area contributed by atoms with Crippen LogP contribution in [0, 0.1) is 0 Å². The summed E-state index contributed by atoms with van der Waals surface area (Å²) in [6.07, 6.45) is 1.08. The Hall–Kier alpha value is -2.86. The first-order valence-corrected chi connectivity index (χ1v) is 9.12. The molecule has 140 valence electrons. The van der Waals surface area contributed by atoms with Crippen LogP contribution in [-0.2, 0) is 16.0 Å². The second kappa shape index (κ2) is 8.68. The van der Waals surface area contributed by atoms with Crippen LogP contribution in [0.15, 0.2) is 48.5 Å². The molecule has 0 saturated heterocycles. The van der Waals surface area contributed by atoms with Crippen molar-refractivity contribution < 1.29 is 14.4 Å². The number of carbonyl (C=O) groups is 3. The Morgan fingerprint density at radius 2 is 1.81 bits per heavy atom. The van der Waals surface area contributed by atoms with Gasteiger partial charge in [-0.2, -0.15) is 0 Å². The lowest BCUT2D eigenvalue weighted by Gasteiger charge is -2.14. The Labute approximate surface area is 162 Å². The lowest BCUT2D eigenvalue weighted by atomic mass is 10.1. The highest BCUT2D eigenvalue weighted by Gasteiger charge is 2.27. The number of rotatable bonds is 6. The number of para-hydroxylation sites is 1. The molecule has 3 rings (SSSR count). The average Bonchev–Trinajstić information content (AvgIpc) is 2.78. The first kappa shape index (κ1) is 18.9. The normalized spacial score (nSPS) is 16.0. The molecule has 27 heavy (non-hydrogen) atoms. The largest absolute Gasteiger partial charge is 0.356 e. The smallest absolute Gasteiger partial charge is 0.254 e. The number of hydrogen-bond donors (Lipinski definition) is 3. The highest BCUT2D eigenvalue weighted by Crippen LogP contribution is 2.19. The lowest BCUT2D eigenvalue weighted by molar-refractivity contribution is -0.121. The van der Waals surface area contributed by atoms with Crippen molar-refractivity contribution in [2.45, 2.75) is 25.3 Å². The lowest BCUT2D eigenvalue weighted by Crippen LogP contribution is -2.42. The average molecular weight is 386 g/mol. The number of benzene rings is 2. The van der Waals surface area contributed by atoms with Crippen LogP contribution in [0.5, 0.6) is 0 Å². The molecule has 0 radical (unpaired) electrons. The molecule has 0 spiro atoms. The summed E-state index contributed by atoms with van der Waals surface area (Å²) in [6.45, 7) is 0.495. The van der Waals surface area contributed by atoms with Gasteiger partial charge in [-0.05, 0) is 42.7 Å². The predicted octanol–water partition coefficient (Wildman–Crippen LogP) is 2.53. The monoisotopic (exact) mass is 385 g/mol. The first-order valence-electron chi connectivity index (χ1n) is 8.75. The standard InChI is InChI=1S/C20H20ClN3O3/c21-14-7-5-13(6-8-14)11-12-22-18(25)10-9-17-20(27)23-16-4-2-1-3-15(16)19(26)24-17/h1-8,17H,9-12H2,(H,22,25)(H,23,27)(H,24,26)/t17-/m0/s1. The van der Waals surface area contributed by atoms with Gasteiger partial charge in [-0.25, -0.2) is 0 Å². The van der Waals surface area contributed by atoms with Crippen LogP contribution in [0.1, 0.15) is 28.8 Å². The molecule has 1 aliphatic rings. The van der Waals surface area contributed by atoms with E-state index in [1.807, 2.05) is 24.3 Å². The maximum atomic E-state index is 12.3. The molecule has 2 aromatic rings. The second-order valence-electron chi connectivity index (χ2n) is 6.33. The number of amides is 3. The molecule has 0 aromatic heterocycles. The zero-order valence-electron chi connectivity index (χ0n) is 14.6. The van der Waals surface area contributed by atoms with Crippen molar-refractivity contribution in [2.24, 2.45) is 0 Å². The minimum atomic E-state index is -0.744. The summed E-state index contributed by atoms with van der Waals surface area (Å²) in [6, 6.07) is 13.5.